The zero-order valence-electron chi connectivity index (χ0n) is 5.19. The molecule has 0 bridgehead atoms. The highest BCUT2D eigenvalue weighted by atomic mass is 19.1. The molecule has 2 rings (SSSR count). The first-order valence-corrected chi connectivity index (χ1v) is 3.30. The number of ether oxygens (including phenoxy) is 1. The lowest BCUT2D eigenvalue weighted by Gasteiger charge is -2.37. The second-order valence-corrected chi connectivity index (χ2v) is 2.90. The topological polar surface area (TPSA) is 21.3 Å². The molecule has 0 aromatic carbocycles. The van der Waals surface area contributed by atoms with Crippen LogP contribution in [0.1, 0.15) is 6.42 Å². The molecule has 2 saturated heterocycles. The van der Waals surface area contributed by atoms with Gasteiger partial charge < -0.3 is 10.1 Å². The molecule has 2 aliphatic heterocycles. The van der Waals surface area contributed by atoms with Crippen LogP contribution >= 0.6 is 0 Å². The first-order chi connectivity index (χ1) is 4.31. The van der Waals surface area contributed by atoms with Gasteiger partial charge in [-0.25, -0.2) is 4.39 Å². The molecule has 2 aliphatic rings. The van der Waals surface area contributed by atoms with Crippen molar-refractivity contribution in [1.29, 1.82) is 0 Å². The van der Waals surface area contributed by atoms with E-state index in [2.05, 4.69) is 5.32 Å². The molecule has 2 fully saturated rings. The van der Waals surface area contributed by atoms with Crippen LogP contribution < -0.4 is 5.32 Å². The summed E-state index contributed by atoms with van der Waals surface area (Å²) in [6, 6.07) is 0. The Morgan fingerprint density at radius 3 is 2.56 bits per heavy atom. The molecule has 52 valence electrons. The van der Waals surface area contributed by atoms with E-state index in [1.165, 1.54) is 0 Å². The van der Waals surface area contributed by atoms with Crippen LogP contribution in [-0.2, 0) is 4.74 Å². The Morgan fingerprint density at radius 1 is 1.56 bits per heavy atom. The standard InChI is InChI=1S/C6H10FNO/c7-5-1-6(9-2-5)3-8-4-6/h5,8H,1-4H2. The average molecular weight is 131 g/mol. The predicted molar refractivity (Wildman–Crippen MR) is 31.1 cm³/mol. The maximum atomic E-state index is 12.5. The predicted octanol–water partition coefficient (Wildman–Crippen LogP) is 0.0868. The summed E-state index contributed by atoms with van der Waals surface area (Å²) in [5, 5.41) is 3.07. The van der Waals surface area contributed by atoms with Gasteiger partial charge in [-0.1, -0.05) is 0 Å². The minimum absolute atomic E-state index is 0.0978. The van der Waals surface area contributed by atoms with Gasteiger partial charge in [0.15, 0.2) is 0 Å². The Labute approximate surface area is 53.4 Å². The number of hydrogen-bond donors (Lipinski definition) is 1. The van der Waals surface area contributed by atoms with Crippen molar-refractivity contribution in [1.82, 2.24) is 5.32 Å². The number of nitrogens with one attached hydrogen (secondary N) is 1. The Kier molecular flexibility index (Phi) is 1.04. The summed E-state index contributed by atoms with van der Waals surface area (Å²) in [6.07, 6.45) is -0.118. The minimum atomic E-state index is -0.716. The maximum Gasteiger partial charge on any atom is 0.126 e. The quantitative estimate of drug-likeness (QED) is 0.503. The summed E-state index contributed by atoms with van der Waals surface area (Å²) in [6.45, 7) is 1.99. The third-order valence-electron chi connectivity index (χ3n) is 2.06. The van der Waals surface area contributed by atoms with E-state index < -0.39 is 6.17 Å². The highest BCUT2D eigenvalue weighted by molar-refractivity contribution is 4.99. The zero-order chi connectivity index (χ0) is 6.32. The van der Waals surface area contributed by atoms with E-state index in [1.807, 2.05) is 0 Å². The van der Waals surface area contributed by atoms with Crippen molar-refractivity contribution >= 4 is 0 Å². The molecule has 1 N–H and O–H groups in total. The van der Waals surface area contributed by atoms with Gasteiger partial charge in [-0.2, -0.15) is 0 Å². The smallest absolute Gasteiger partial charge is 0.126 e. The summed E-state index contributed by atoms with van der Waals surface area (Å²) in [4.78, 5) is 0. The van der Waals surface area contributed by atoms with Gasteiger partial charge in [0.1, 0.15) is 6.17 Å². The van der Waals surface area contributed by atoms with Gasteiger partial charge in [-0.15, -0.1) is 0 Å². The van der Waals surface area contributed by atoms with Crippen LogP contribution in [0.15, 0.2) is 0 Å². The van der Waals surface area contributed by atoms with Crippen LogP contribution in [-0.4, -0.2) is 31.5 Å². The van der Waals surface area contributed by atoms with Crippen LogP contribution in [0.2, 0.25) is 0 Å². The Bertz CT molecular complexity index is 124. The Morgan fingerprint density at radius 2 is 2.33 bits per heavy atom. The van der Waals surface area contributed by atoms with E-state index in [4.69, 9.17) is 4.74 Å². The molecule has 1 atom stereocenters. The van der Waals surface area contributed by atoms with Crippen molar-refractivity contribution in [2.45, 2.75) is 18.2 Å². The summed E-state index contributed by atoms with van der Waals surface area (Å²) in [7, 11) is 0. The van der Waals surface area contributed by atoms with Gasteiger partial charge in [0, 0.05) is 19.5 Å². The molecule has 0 aromatic rings. The second kappa shape index (κ2) is 1.67. The monoisotopic (exact) mass is 131 g/mol. The van der Waals surface area contributed by atoms with Gasteiger partial charge in [0.25, 0.3) is 0 Å². The molecule has 0 amide bonds. The second-order valence-electron chi connectivity index (χ2n) is 2.90. The van der Waals surface area contributed by atoms with Crippen molar-refractivity contribution in [3.05, 3.63) is 0 Å². The van der Waals surface area contributed by atoms with Gasteiger partial charge in [-0.05, 0) is 0 Å². The molecule has 1 unspecified atom stereocenters. The fraction of sp³-hybridized carbons (Fsp3) is 1.00. The lowest BCUT2D eigenvalue weighted by Crippen LogP contribution is -2.59. The third-order valence-corrected chi connectivity index (χ3v) is 2.06. The van der Waals surface area contributed by atoms with Crippen molar-refractivity contribution in [2.75, 3.05) is 19.7 Å². The minimum Gasteiger partial charge on any atom is -0.369 e. The number of halogens is 1. The molecule has 2 heterocycles. The Balaban J connectivity index is 1.99. The largest absolute Gasteiger partial charge is 0.369 e. The van der Waals surface area contributed by atoms with E-state index in [0.717, 1.165) is 13.1 Å². The fourth-order valence-corrected chi connectivity index (χ4v) is 1.44. The first-order valence-electron chi connectivity index (χ1n) is 3.30. The average Bonchev–Trinajstić information content (AvgIpc) is 2.09. The lowest BCUT2D eigenvalue weighted by molar-refractivity contribution is -0.0364. The normalized spacial score (nSPS) is 39.0. The molecule has 0 aromatic heterocycles. The molecular weight excluding hydrogens is 121 g/mol. The highest BCUT2D eigenvalue weighted by Gasteiger charge is 2.45. The lowest BCUT2D eigenvalue weighted by atomic mass is 9.93. The molecular formula is C6H10FNO. The van der Waals surface area contributed by atoms with Gasteiger partial charge in [-0.3, -0.25) is 0 Å². The molecule has 0 aliphatic carbocycles. The molecule has 3 heteroatoms. The molecule has 2 nitrogen and oxygen atoms in total. The molecule has 9 heavy (non-hydrogen) atoms. The van der Waals surface area contributed by atoms with Crippen molar-refractivity contribution in [3.8, 4) is 0 Å². The van der Waals surface area contributed by atoms with Crippen LogP contribution in [0.4, 0.5) is 4.39 Å². The van der Waals surface area contributed by atoms with E-state index in [-0.39, 0.29) is 5.60 Å². The Hall–Kier alpha value is -0.150. The first kappa shape index (κ1) is 5.62. The van der Waals surface area contributed by atoms with Gasteiger partial charge in [0.2, 0.25) is 0 Å². The van der Waals surface area contributed by atoms with Crippen molar-refractivity contribution in [3.63, 3.8) is 0 Å². The van der Waals surface area contributed by atoms with Crippen molar-refractivity contribution < 1.29 is 9.13 Å². The van der Waals surface area contributed by atoms with Crippen LogP contribution in [0.25, 0.3) is 0 Å². The zero-order valence-corrected chi connectivity index (χ0v) is 5.19. The van der Waals surface area contributed by atoms with Crippen molar-refractivity contribution in [2.24, 2.45) is 0 Å². The summed E-state index contributed by atoms with van der Waals surface area (Å²) in [5.41, 5.74) is -0.0978. The highest BCUT2D eigenvalue weighted by Crippen LogP contribution is 2.30. The molecule has 0 saturated carbocycles. The summed E-state index contributed by atoms with van der Waals surface area (Å²) in [5.74, 6) is 0. The third kappa shape index (κ3) is 0.756. The van der Waals surface area contributed by atoms with E-state index in [1.54, 1.807) is 0 Å². The van der Waals surface area contributed by atoms with Crippen LogP contribution in [0, 0.1) is 0 Å². The van der Waals surface area contributed by atoms with Crippen LogP contribution in [0.3, 0.4) is 0 Å². The molecule has 0 radical (unpaired) electrons. The number of alkyl halides is 1. The maximum absolute atomic E-state index is 12.5. The SMILES string of the molecule is FC1COC2(CNC2)C1. The summed E-state index contributed by atoms with van der Waals surface area (Å²) >= 11 is 0. The summed E-state index contributed by atoms with van der Waals surface area (Å²) < 4.78 is 17.7. The van der Waals surface area contributed by atoms with Gasteiger partial charge >= 0.3 is 0 Å². The van der Waals surface area contributed by atoms with E-state index in [9.17, 15) is 4.39 Å². The van der Waals surface area contributed by atoms with Crippen LogP contribution in [0.5, 0.6) is 0 Å². The molecule has 1 spiro atoms. The van der Waals surface area contributed by atoms with E-state index in [0.29, 0.717) is 13.0 Å². The van der Waals surface area contributed by atoms with E-state index >= 15 is 0 Å². The van der Waals surface area contributed by atoms with Gasteiger partial charge in [0.05, 0.1) is 12.2 Å². The fourth-order valence-electron chi connectivity index (χ4n) is 1.44. The number of hydrogen-bond acceptors (Lipinski definition) is 2. The number of rotatable bonds is 0.